The number of carbonyl (C=O) groups excluding carboxylic acids is 1. The normalized spacial score (nSPS) is 16.8. The maximum atomic E-state index is 11.5. The molecule has 1 aliphatic heterocycles. The minimum absolute atomic E-state index is 0.348. The first-order valence-electron chi connectivity index (χ1n) is 7.90. The Balaban J connectivity index is 2.23. The molecule has 23 heavy (non-hydrogen) atoms. The van der Waals surface area contributed by atoms with Crippen LogP contribution in [0.15, 0.2) is 35.0 Å². The standard InChI is InChI=1S/C18H24N2O3/c1-5-23-18(21)12-14(3)19-17-7-6-10-20(17)16-9-8-15(22-4)11-13(16)2/h8-9,11-12H,5-7,10H2,1-4H3/b14-12-,19-17?. The Kier molecular flexibility index (Phi) is 5.79. The van der Waals surface area contributed by atoms with Crippen molar-refractivity contribution < 1.29 is 14.3 Å². The van der Waals surface area contributed by atoms with Crippen LogP contribution in [-0.4, -0.2) is 32.1 Å². The van der Waals surface area contributed by atoms with E-state index in [0.29, 0.717) is 12.3 Å². The quantitative estimate of drug-likeness (QED) is 0.616. The van der Waals surface area contributed by atoms with Gasteiger partial charge >= 0.3 is 5.97 Å². The average Bonchev–Trinajstić information content (AvgIpc) is 2.94. The SMILES string of the molecule is CCOC(=O)/C=C(/C)N=C1CCCN1c1ccc(OC)cc1C. The van der Waals surface area contributed by atoms with Gasteiger partial charge in [-0.15, -0.1) is 0 Å². The molecule has 1 aromatic rings. The number of allylic oxidation sites excluding steroid dienone is 1. The van der Waals surface area contributed by atoms with Crippen LogP contribution in [0.3, 0.4) is 0 Å². The lowest BCUT2D eigenvalue weighted by Crippen LogP contribution is -2.25. The number of ether oxygens (including phenoxy) is 2. The molecular weight excluding hydrogens is 292 g/mol. The molecule has 2 rings (SSSR count). The number of aryl methyl sites for hydroxylation is 1. The number of nitrogens with zero attached hydrogens (tertiary/aromatic N) is 2. The monoisotopic (exact) mass is 316 g/mol. The van der Waals surface area contributed by atoms with Crippen LogP contribution < -0.4 is 9.64 Å². The van der Waals surface area contributed by atoms with Gasteiger partial charge in [-0.25, -0.2) is 9.79 Å². The van der Waals surface area contributed by atoms with Crippen LogP contribution in [0.2, 0.25) is 0 Å². The lowest BCUT2D eigenvalue weighted by Gasteiger charge is -2.21. The Morgan fingerprint density at radius 2 is 2.22 bits per heavy atom. The largest absolute Gasteiger partial charge is 0.497 e. The molecule has 0 saturated carbocycles. The molecule has 1 fully saturated rings. The van der Waals surface area contributed by atoms with Crippen molar-refractivity contribution in [1.82, 2.24) is 0 Å². The third-order valence-electron chi connectivity index (χ3n) is 3.71. The van der Waals surface area contributed by atoms with E-state index in [1.165, 1.54) is 6.08 Å². The van der Waals surface area contributed by atoms with E-state index in [2.05, 4.69) is 22.9 Å². The smallest absolute Gasteiger partial charge is 0.332 e. The Morgan fingerprint density at radius 3 is 2.87 bits per heavy atom. The number of hydrogen-bond donors (Lipinski definition) is 0. The van der Waals surface area contributed by atoms with Gasteiger partial charge in [-0.3, -0.25) is 0 Å². The molecule has 5 heteroatoms. The molecule has 0 aliphatic carbocycles. The van der Waals surface area contributed by atoms with Gasteiger partial charge in [-0.2, -0.15) is 0 Å². The van der Waals surface area contributed by atoms with Gasteiger partial charge < -0.3 is 14.4 Å². The second-order valence-corrected chi connectivity index (χ2v) is 5.47. The summed E-state index contributed by atoms with van der Waals surface area (Å²) >= 11 is 0. The molecule has 0 unspecified atom stereocenters. The number of methoxy groups -OCH3 is 1. The Bertz CT molecular complexity index is 635. The highest BCUT2D eigenvalue weighted by Gasteiger charge is 2.21. The van der Waals surface area contributed by atoms with E-state index in [0.717, 1.165) is 42.2 Å². The molecule has 0 N–H and O–H groups in total. The fourth-order valence-electron chi connectivity index (χ4n) is 2.68. The summed E-state index contributed by atoms with van der Waals surface area (Å²) in [4.78, 5) is 18.3. The topological polar surface area (TPSA) is 51.1 Å². The van der Waals surface area contributed by atoms with Crippen LogP contribution in [0.1, 0.15) is 32.3 Å². The van der Waals surface area contributed by atoms with Crippen molar-refractivity contribution in [3.05, 3.63) is 35.5 Å². The molecule has 124 valence electrons. The third-order valence-corrected chi connectivity index (χ3v) is 3.71. The number of amidine groups is 1. The van der Waals surface area contributed by atoms with Gasteiger partial charge in [0.25, 0.3) is 0 Å². The number of benzene rings is 1. The number of rotatable bonds is 5. The first-order valence-corrected chi connectivity index (χ1v) is 7.90. The highest BCUT2D eigenvalue weighted by molar-refractivity contribution is 6.01. The van der Waals surface area contributed by atoms with Gasteiger partial charge in [0, 0.05) is 30.4 Å². The third kappa shape index (κ3) is 4.34. The van der Waals surface area contributed by atoms with Crippen LogP contribution >= 0.6 is 0 Å². The molecule has 5 nitrogen and oxygen atoms in total. The van der Waals surface area contributed by atoms with Gasteiger partial charge in [0.05, 0.1) is 13.7 Å². The van der Waals surface area contributed by atoms with E-state index >= 15 is 0 Å². The first-order chi connectivity index (χ1) is 11.0. The second kappa shape index (κ2) is 7.81. The van der Waals surface area contributed by atoms with Crippen molar-refractivity contribution in [2.45, 2.75) is 33.6 Å². The van der Waals surface area contributed by atoms with Crippen molar-refractivity contribution in [2.75, 3.05) is 25.2 Å². The molecule has 0 bridgehead atoms. The Morgan fingerprint density at radius 1 is 1.43 bits per heavy atom. The summed E-state index contributed by atoms with van der Waals surface area (Å²) in [6.07, 6.45) is 3.39. The highest BCUT2D eigenvalue weighted by Crippen LogP contribution is 2.29. The average molecular weight is 316 g/mol. The first kappa shape index (κ1) is 17.1. The van der Waals surface area contributed by atoms with Crippen molar-refractivity contribution in [2.24, 2.45) is 4.99 Å². The summed E-state index contributed by atoms with van der Waals surface area (Å²) in [6, 6.07) is 6.03. The Labute approximate surface area is 137 Å². The van der Waals surface area contributed by atoms with Crippen LogP contribution in [0, 0.1) is 6.92 Å². The van der Waals surface area contributed by atoms with Gasteiger partial charge in [0.1, 0.15) is 11.6 Å². The summed E-state index contributed by atoms with van der Waals surface area (Å²) < 4.78 is 10.2. The fraction of sp³-hybridized carbons (Fsp3) is 0.444. The molecule has 0 radical (unpaired) electrons. The molecule has 0 atom stereocenters. The van der Waals surface area contributed by atoms with E-state index in [1.54, 1.807) is 14.0 Å². The maximum Gasteiger partial charge on any atom is 0.332 e. The summed E-state index contributed by atoms with van der Waals surface area (Å²) in [6.45, 7) is 6.98. The molecule has 1 aromatic carbocycles. The molecule has 0 spiro atoms. The summed E-state index contributed by atoms with van der Waals surface area (Å²) in [5, 5.41) is 0. The number of carbonyl (C=O) groups is 1. The van der Waals surface area contributed by atoms with E-state index in [-0.39, 0.29) is 5.97 Å². The molecule has 0 amide bonds. The zero-order chi connectivity index (χ0) is 16.8. The van der Waals surface area contributed by atoms with Gasteiger partial charge in [0.15, 0.2) is 0 Å². The predicted octanol–water partition coefficient (Wildman–Crippen LogP) is 3.47. The molecule has 1 aliphatic rings. The second-order valence-electron chi connectivity index (χ2n) is 5.47. The molecule has 0 aromatic heterocycles. The minimum atomic E-state index is -0.348. The van der Waals surface area contributed by atoms with E-state index in [4.69, 9.17) is 9.47 Å². The predicted molar refractivity (Wildman–Crippen MR) is 92.1 cm³/mol. The maximum absolute atomic E-state index is 11.5. The molecular formula is C18H24N2O3. The number of esters is 1. The lowest BCUT2D eigenvalue weighted by molar-refractivity contribution is -0.137. The van der Waals surface area contributed by atoms with Crippen molar-refractivity contribution in [1.29, 1.82) is 0 Å². The minimum Gasteiger partial charge on any atom is -0.497 e. The van der Waals surface area contributed by atoms with Crippen molar-refractivity contribution >= 4 is 17.5 Å². The van der Waals surface area contributed by atoms with Crippen LogP contribution in [-0.2, 0) is 9.53 Å². The summed E-state index contributed by atoms with van der Waals surface area (Å²) in [5.74, 6) is 1.48. The molecule has 1 heterocycles. The fourth-order valence-corrected chi connectivity index (χ4v) is 2.68. The zero-order valence-corrected chi connectivity index (χ0v) is 14.3. The van der Waals surface area contributed by atoms with E-state index in [9.17, 15) is 4.79 Å². The lowest BCUT2D eigenvalue weighted by atomic mass is 10.1. The summed E-state index contributed by atoms with van der Waals surface area (Å²) in [5.41, 5.74) is 2.94. The van der Waals surface area contributed by atoms with Crippen molar-refractivity contribution in [3.63, 3.8) is 0 Å². The van der Waals surface area contributed by atoms with E-state index in [1.807, 2.05) is 19.1 Å². The van der Waals surface area contributed by atoms with Crippen LogP contribution in [0.4, 0.5) is 5.69 Å². The van der Waals surface area contributed by atoms with Crippen LogP contribution in [0.25, 0.3) is 0 Å². The van der Waals surface area contributed by atoms with E-state index < -0.39 is 0 Å². The number of hydrogen-bond acceptors (Lipinski definition) is 4. The number of anilines is 1. The van der Waals surface area contributed by atoms with Crippen LogP contribution in [0.5, 0.6) is 5.75 Å². The highest BCUT2D eigenvalue weighted by atomic mass is 16.5. The zero-order valence-electron chi connectivity index (χ0n) is 14.3. The summed E-state index contributed by atoms with van der Waals surface area (Å²) in [7, 11) is 1.67. The van der Waals surface area contributed by atoms with Gasteiger partial charge in [0.2, 0.25) is 0 Å². The van der Waals surface area contributed by atoms with Crippen molar-refractivity contribution in [3.8, 4) is 5.75 Å². The van der Waals surface area contributed by atoms with Gasteiger partial charge in [-0.1, -0.05) is 0 Å². The Hall–Kier alpha value is -2.30. The molecule has 1 saturated heterocycles. The number of aliphatic imine (C=N–C) groups is 1. The van der Waals surface area contributed by atoms with Gasteiger partial charge in [-0.05, 0) is 51.0 Å².